The normalized spacial score (nSPS) is 14.5. The molecule has 0 saturated heterocycles. The van der Waals surface area contributed by atoms with E-state index in [0.717, 1.165) is 54.6 Å². The number of anilines is 1. The molecule has 1 unspecified atom stereocenters. The quantitative estimate of drug-likeness (QED) is 0.240. The number of guanidine groups is 1. The Balaban J connectivity index is 0.00000385. The van der Waals surface area contributed by atoms with Crippen molar-refractivity contribution in [2.24, 2.45) is 4.99 Å². The maximum Gasteiger partial charge on any atom is 0.221 e. The third kappa shape index (κ3) is 8.10. The van der Waals surface area contributed by atoms with Crippen LogP contribution >= 0.6 is 24.0 Å². The number of carbonyl (C=O) groups is 1. The number of nitrogens with one attached hydrogen (secondary N) is 3. The summed E-state index contributed by atoms with van der Waals surface area (Å²) in [5.74, 6) is 2.51. The van der Waals surface area contributed by atoms with Gasteiger partial charge in [-0.15, -0.1) is 24.0 Å². The van der Waals surface area contributed by atoms with Crippen LogP contribution in [-0.4, -0.2) is 37.7 Å². The fourth-order valence-corrected chi connectivity index (χ4v) is 3.68. The highest BCUT2D eigenvalue weighted by Gasteiger charge is 2.21. The Kier molecular flexibility index (Phi) is 10.8. The van der Waals surface area contributed by atoms with Crippen molar-refractivity contribution in [1.82, 2.24) is 10.6 Å². The third-order valence-corrected chi connectivity index (χ3v) is 5.11. The van der Waals surface area contributed by atoms with Crippen molar-refractivity contribution in [1.29, 1.82) is 0 Å². The van der Waals surface area contributed by atoms with E-state index < -0.39 is 0 Å². The third-order valence-electron chi connectivity index (χ3n) is 5.11. The number of hydrogen-bond donors (Lipinski definition) is 3. The highest BCUT2D eigenvalue weighted by molar-refractivity contribution is 14.0. The van der Waals surface area contributed by atoms with Crippen molar-refractivity contribution < 1.29 is 14.3 Å². The van der Waals surface area contributed by atoms with Gasteiger partial charge in [-0.3, -0.25) is 4.79 Å². The molecule has 3 rings (SSSR count). The van der Waals surface area contributed by atoms with Crippen LogP contribution in [0.1, 0.15) is 44.4 Å². The van der Waals surface area contributed by atoms with Crippen molar-refractivity contribution in [3.8, 4) is 11.5 Å². The number of hydrogen-bond acceptors (Lipinski definition) is 4. The van der Waals surface area contributed by atoms with Crippen molar-refractivity contribution in [2.45, 2.75) is 53.2 Å². The van der Waals surface area contributed by atoms with Crippen molar-refractivity contribution in [3.63, 3.8) is 0 Å². The number of nitrogens with zero attached hydrogens (tertiary/aromatic N) is 1. The molecule has 1 atom stereocenters. The molecule has 2 aromatic rings. The summed E-state index contributed by atoms with van der Waals surface area (Å²) < 4.78 is 11.8. The van der Waals surface area contributed by atoms with Crippen LogP contribution in [0.4, 0.5) is 5.69 Å². The topological polar surface area (TPSA) is 84.0 Å². The van der Waals surface area contributed by atoms with Gasteiger partial charge in [-0.25, -0.2) is 4.99 Å². The van der Waals surface area contributed by atoms with Gasteiger partial charge in [0.05, 0.1) is 13.2 Å². The second kappa shape index (κ2) is 13.3. The van der Waals surface area contributed by atoms with Crippen molar-refractivity contribution in [3.05, 3.63) is 53.1 Å². The number of aliphatic imine (C=N–C) groups is 1. The molecular weight excluding hydrogens is 531 g/mol. The average Bonchev–Trinajstić information content (AvgIpc) is 3.11. The summed E-state index contributed by atoms with van der Waals surface area (Å²) in [5.41, 5.74) is 4.21. The summed E-state index contributed by atoms with van der Waals surface area (Å²) in [6, 6.07) is 12.0. The van der Waals surface area contributed by atoms with Gasteiger partial charge >= 0.3 is 0 Å². The molecule has 1 aliphatic heterocycles. The first-order valence-corrected chi connectivity index (χ1v) is 11.3. The lowest BCUT2D eigenvalue weighted by molar-refractivity contribution is -0.114. The minimum Gasteiger partial charge on any atom is -0.494 e. The van der Waals surface area contributed by atoms with Crippen LogP contribution in [0.3, 0.4) is 0 Å². The molecule has 0 saturated carbocycles. The molecule has 1 heterocycles. The second-order valence-corrected chi connectivity index (χ2v) is 7.88. The first-order valence-electron chi connectivity index (χ1n) is 11.3. The Morgan fingerprint density at radius 1 is 1.18 bits per heavy atom. The molecule has 0 fully saturated rings. The molecule has 0 aliphatic carbocycles. The van der Waals surface area contributed by atoms with Gasteiger partial charge in [0.15, 0.2) is 5.96 Å². The summed E-state index contributed by atoms with van der Waals surface area (Å²) in [4.78, 5) is 15.9. The van der Waals surface area contributed by atoms with Gasteiger partial charge in [0.25, 0.3) is 0 Å². The Bertz CT molecular complexity index is 947. The number of rotatable bonds is 9. The standard InChI is InChI=1S/C25H34N4O3.HI/c1-5-26-25(27-12-11-19-7-9-22(10-8-19)29-18(4)30)28-16-21-15-24-20(13-17(3)32-24)14-23(21)31-6-2;/h7-10,14-15,17H,5-6,11-13,16H2,1-4H3,(H,29,30)(H2,26,27,28);1H. The van der Waals surface area contributed by atoms with E-state index in [-0.39, 0.29) is 36.0 Å². The number of halogens is 1. The highest BCUT2D eigenvalue weighted by atomic mass is 127. The molecular formula is C25H35IN4O3. The smallest absolute Gasteiger partial charge is 0.221 e. The number of amides is 1. The maximum atomic E-state index is 11.1. The molecule has 33 heavy (non-hydrogen) atoms. The number of benzene rings is 2. The van der Waals surface area contributed by atoms with Gasteiger partial charge in [-0.05, 0) is 57.0 Å². The molecule has 0 radical (unpaired) electrons. The fraction of sp³-hybridized carbons (Fsp3) is 0.440. The predicted octanol–water partition coefficient (Wildman–Crippen LogP) is 4.28. The Morgan fingerprint density at radius 3 is 2.61 bits per heavy atom. The molecule has 3 N–H and O–H groups in total. The van der Waals surface area contributed by atoms with Crippen LogP contribution in [0.5, 0.6) is 11.5 Å². The molecule has 8 heteroatoms. The maximum absolute atomic E-state index is 11.1. The van der Waals surface area contributed by atoms with Crippen LogP contribution in [0, 0.1) is 0 Å². The first kappa shape index (κ1) is 26.8. The lowest BCUT2D eigenvalue weighted by Crippen LogP contribution is -2.38. The Hall–Kier alpha value is -2.49. The van der Waals surface area contributed by atoms with E-state index in [2.05, 4.69) is 35.0 Å². The number of ether oxygens (including phenoxy) is 2. The Morgan fingerprint density at radius 2 is 1.94 bits per heavy atom. The zero-order valence-corrected chi connectivity index (χ0v) is 22.2. The van der Waals surface area contributed by atoms with Gasteiger partial charge in [0.1, 0.15) is 17.6 Å². The van der Waals surface area contributed by atoms with E-state index in [1.54, 1.807) is 0 Å². The van der Waals surface area contributed by atoms with Crippen LogP contribution in [0.2, 0.25) is 0 Å². The van der Waals surface area contributed by atoms with Gasteiger partial charge in [0, 0.05) is 43.2 Å². The molecule has 0 aromatic heterocycles. The van der Waals surface area contributed by atoms with Crippen molar-refractivity contribution >= 4 is 41.5 Å². The van der Waals surface area contributed by atoms with E-state index in [4.69, 9.17) is 14.5 Å². The fourth-order valence-electron chi connectivity index (χ4n) is 3.68. The largest absolute Gasteiger partial charge is 0.494 e. The van der Waals surface area contributed by atoms with Gasteiger partial charge in [0.2, 0.25) is 5.91 Å². The summed E-state index contributed by atoms with van der Waals surface area (Å²) in [5, 5.41) is 9.48. The lowest BCUT2D eigenvalue weighted by atomic mass is 10.1. The van der Waals surface area contributed by atoms with E-state index in [1.165, 1.54) is 18.1 Å². The van der Waals surface area contributed by atoms with Crippen LogP contribution in [0.25, 0.3) is 0 Å². The minimum absolute atomic E-state index is 0. The summed E-state index contributed by atoms with van der Waals surface area (Å²) in [7, 11) is 0. The monoisotopic (exact) mass is 566 g/mol. The number of fused-ring (bicyclic) bond motifs is 1. The van der Waals surface area contributed by atoms with E-state index in [1.807, 2.05) is 38.1 Å². The molecule has 2 aromatic carbocycles. The van der Waals surface area contributed by atoms with E-state index >= 15 is 0 Å². The molecule has 7 nitrogen and oxygen atoms in total. The van der Waals surface area contributed by atoms with Gasteiger partial charge < -0.3 is 25.4 Å². The van der Waals surface area contributed by atoms with Gasteiger partial charge in [-0.2, -0.15) is 0 Å². The molecule has 1 amide bonds. The molecule has 1 aliphatic rings. The second-order valence-electron chi connectivity index (χ2n) is 7.88. The predicted molar refractivity (Wildman–Crippen MR) is 144 cm³/mol. The lowest BCUT2D eigenvalue weighted by Gasteiger charge is -2.14. The minimum atomic E-state index is -0.0668. The van der Waals surface area contributed by atoms with E-state index in [0.29, 0.717) is 13.2 Å². The van der Waals surface area contributed by atoms with Crippen molar-refractivity contribution in [2.75, 3.05) is 25.0 Å². The molecule has 0 bridgehead atoms. The van der Waals surface area contributed by atoms with Crippen LogP contribution in [0.15, 0.2) is 41.4 Å². The van der Waals surface area contributed by atoms with Crippen LogP contribution in [-0.2, 0) is 24.2 Å². The summed E-state index contributed by atoms with van der Waals surface area (Å²) >= 11 is 0. The SMILES string of the molecule is CCNC(=NCc1cc2c(cc1OCC)CC(C)O2)NCCc1ccc(NC(C)=O)cc1.I. The zero-order chi connectivity index (χ0) is 22.9. The average molecular weight is 566 g/mol. The highest BCUT2D eigenvalue weighted by Crippen LogP contribution is 2.35. The van der Waals surface area contributed by atoms with E-state index in [9.17, 15) is 4.79 Å². The Labute approximate surface area is 213 Å². The summed E-state index contributed by atoms with van der Waals surface area (Å²) in [6.07, 6.45) is 1.96. The summed E-state index contributed by atoms with van der Waals surface area (Å²) in [6.45, 7) is 10.3. The number of carbonyl (C=O) groups excluding carboxylic acids is 1. The molecule has 180 valence electrons. The molecule has 0 spiro atoms. The zero-order valence-electron chi connectivity index (χ0n) is 19.9. The van der Waals surface area contributed by atoms with Crippen LogP contribution < -0.4 is 25.4 Å². The van der Waals surface area contributed by atoms with Gasteiger partial charge in [-0.1, -0.05) is 12.1 Å². The first-order chi connectivity index (χ1) is 15.5.